The van der Waals surface area contributed by atoms with Crippen molar-refractivity contribution in [2.75, 3.05) is 60.0 Å². The number of piperidine rings is 1. The summed E-state index contributed by atoms with van der Waals surface area (Å²) in [5.41, 5.74) is 0.421. The fourth-order valence-corrected chi connectivity index (χ4v) is 3.50. The predicted octanol–water partition coefficient (Wildman–Crippen LogP) is 1.65. The summed E-state index contributed by atoms with van der Waals surface area (Å²) in [7, 11) is 3.68. The van der Waals surface area contributed by atoms with E-state index in [0.29, 0.717) is 5.41 Å². The number of aliphatic imine (C=N–C) groups is 1. The molecule has 5 nitrogen and oxygen atoms in total. The minimum Gasteiger partial charge on any atom is -0.383 e. The third-order valence-electron chi connectivity index (χ3n) is 5.06. The zero-order valence-electron chi connectivity index (χ0n) is 14.9. The first-order valence-electron chi connectivity index (χ1n) is 8.71. The molecule has 2 aliphatic heterocycles. The number of nitrogens with one attached hydrogen (secondary N) is 1. The average Bonchev–Trinajstić information content (AvgIpc) is 2.87. The Balaban J connectivity index is 1.69. The molecule has 22 heavy (non-hydrogen) atoms. The summed E-state index contributed by atoms with van der Waals surface area (Å²) >= 11 is 0. The van der Waals surface area contributed by atoms with Crippen molar-refractivity contribution in [1.29, 1.82) is 0 Å². The fourth-order valence-electron chi connectivity index (χ4n) is 3.50. The van der Waals surface area contributed by atoms with Gasteiger partial charge in [0.2, 0.25) is 0 Å². The number of nitrogens with zero attached hydrogens (tertiary/aromatic N) is 3. The summed E-state index contributed by atoms with van der Waals surface area (Å²) < 4.78 is 5.16. The van der Waals surface area contributed by atoms with E-state index in [9.17, 15) is 0 Å². The number of rotatable bonds is 5. The minimum absolute atomic E-state index is 0.421. The van der Waals surface area contributed by atoms with Gasteiger partial charge in [-0.05, 0) is 43.7 Å². The topological polar surface area (TPSA) is 40.1 Å². The molecule has 2 aliphatic rings. The van der Waals surface area contributed by atoms with E-state index in [1.807, 2.05) is 7.05 Å². The van der Waals surface area contributed by atoms with Crippen molar-refractivity contribution >= 4 is 5.96 Å². The van der Waals surface area contributed by atoms with E-state index < -0.39 is 0 Å². The van der Waals surface area contributed by atoms with Gasteiger partial charge in [-0.15, -0.1) is 0 Å². The van der Waals surface area contributed by atoms with Crippen molar-refractivity contribution in [2.45, 2.75) is 33.1 Å². The van der Waals surface area contributed by atoms with Crippen LogP contribution < -0.4 is 5.32 Å². The smallest absolute Gasteiger partial charge is 0.193 e. The lowest BCUT2D eigenvalue weighted by Crippen LogP contribution is -2.44. The maximum absolute atomic E-state index is 5.16. The number of hydrogen-bond donors (Lipinski definition) is 1. The molecule has 0 radical (unpaired) electrons. The predicted molar refractivity (Wildman–Crippen MR) is 92.4 cm³/mol. The summed E-state index contributed by atoms with van der Waals surface area (Å²) in [6.45, 7) is 12.3. The van der Waals surface area contributed by atoms with Gasteiger partial charge in [0.15, 0.2) is 5.96 Å². The number of hydrogen-bond acceptors (Lipinski definition) is 3. The van der Waals surface area contributed by atoms with Crippen molar-refractivity contribution in [1.82, 2.24) is 15.1 Å². The van der Waals surface area contributed by atoms with Gasteiger partial charge in [0.25, 0.3) is 0 Å². The van der Waals surface area contributed by atoms with Crippen molar-refractivity contribution in [3.63, 3.8) is 0 Å². The monoisotopic (exact) mass is 310 g/mol. The molecule has 2 saturated heterocycles. The van der Waals surface area contributed by atoms with Crippen molar-refractivity contribution in [2.24, 2.45) is 16.3 Å². The SMILES string of the molecule is CN=C(NCC1CCN(CCOC)CC1)N1CCC(C)(C)C1. The first-order chi connectivity index (χ1) is 10.5. The highest BCUT2D eigenvalue weighted by Gasteiger charge is 2.31. The standard InChI is InChI=1S/C17H34N4O/c1-17(2)7-10-21(14-17)16(18-3)19-13-15-5-8-20(9-6-15)11-12-22-4/h15H,5-14H2,1-4H3,(H,18,19). The molecule has 0 aromatic heterocycles. The zero-order valence-corrected chi connectivity index (χ0v) is 14.9. The number of methoxy groups -OCH3 is 1. The molecule has 2 rings (SSSR count). The van der Waals surface area contributed by atoms with Gasteiger partial charge in [-0.1, -0.05) is 13.8 Å². The molecule has 0 saturated carbocycles. The Morgan fingerprint density at radius 3 is 2.55 bits per heavy atom. The molecule has 0 aromatic carbocycles. The third kappa shape index (κ3) is 5.13. The lowest BCUT2D eigenvalue weighted by atomic mass is 9.93. The number of ether oxygens (including phenoxy) is 1. The molecule has 2 heterocycles. The van der Waals surface area contributed by atoms with Gasteiger partial charge in [-0.25, -0.2) is 0 Å². The molecule has 2 fully saturated rings. The molecule has 0 bridgehead atoms. The van der Waals surface area contributed by atoms with Crippen LogP contribution in [0.25, 0.3) is 0 Å². The molecule has 0 aromatic rings. The van der Waals surface area contributed by atoms with Gasteiger partial charge in [0.05, 0.1) is 6.61 Å². The number of likely N-dealkylation sites (tertiary alicyclic amines) is 2. The summed E-state index contributed by atoms with van der Waals surface area (Å²) in [4.78, 5) is 9.40. The second kappa shape index (κ2) is 8.16. The minimum atomic E-state index is 0.421. The van der Waals surface area contributed by atoms with E-state index in [1.54, 1.807) is 7.11 Å². The molecule has 0 spiro atoms. The molecule has 1 N–H and O–H groups in total. The van der Waals surface area contributed by atoms with E-state index in [4.69, 9.17) is 4.74 Å². The Hall–Kier alpha value is -0.810. The van der Waals surface area contributed by atoms with Crippen molar-refractivity contribution < 1.29 is 4.74 Å². The van der Waals surface area contributed by atoms with Crippen LogP contribution in [-0.2, 0) is 4.74 Å². The molecular weight excluding hydrogens is 276 g/mol. The van der Waals surface area contributed by atoms with Crippen LogP contribution in [0, 0.1) is 11.3 Å². The van der Waals surface area contributed by atoms with E-state index in [2.05, 4.69) is 34.0 Å². The highest BCUT2D eigenvalue weighted by Crippen LogP contribution is 2.28. The van der Waals surface area contributed by atoms with Crippen LogP contribution in [0.4, 0.5) is 0 Å². The zero-order chi connectivity index (χ0) is 16.0. The summed E-state index contributed by atoms with van der Waals surface area (Å²) in [5, 5.41) is 3.61. The van der Waals surface area contributed by atoms with Crippen molar-refractivity contribution in [3.8, 4) is 0 Å². The molecule has 0 amide bonds. The van der Waals surface area contributed by atoms with Crippen LogP contribution in [0.5, 0.6) is 0 Å². The Bertz CT molecular complexity index is 362. The highest BCUT2D eigenvalue weighted by atomic mass is 16.5. The van der Waals surface area contributed by atoms with Crippen LogP contribution in [0.1, 0.15) is 33.1 Å². The largest absolute Gasteiger partial charge is 0.383 e. The van der Waals surface area contributed by atoms with Crippen LogP contribution >= 0.6 is 0 Å². The number of guanidine groups is 1. The normalized spacial score (nSPS) is 24.0. The van der Waals surface area contributed by atoms with E-state index in [-0.39, 0.29) is 0 Å². The Labute approximate surface area is 136 Å². The van der Waals surface area contributed by atoms with Gasteiger partial charge in [-0.3, -0.25) is 4.99 Å². The Kier molecular flexibility index (Phi) is 6.50. The fraction of sp³-hybridized carbons (Fsp3) is 0.941. The molecule has 128 valence electrons. The van der Waals surface area contributed by atoms with Crippen molar-refractivity contribution in [3.05, 3.63) is 0 Å². The van der Waals surface area contributed by atoms with Gasteiger partial charge >= 0.3 is 0 Å². The average molecular weight is 310 g/mol. The second-order valence-corrected chi connectivity index (χ2v) is 7.54. The van der Waals surface area contributed by atoms with Gasteiger partial charge in [-0.2, -0.15) is 0 Å². The Morgan fingerprint density at radius 2 is 2.00 bits per heavy atom. The summed E-state index contributed by atoms with van der Waals surface area (Å²) in [6, 6.07) is 0. The van der Waals surface area contributed by atoms with E-state index in [0.717, 1.165) is 44.7 Å². The molecule has 0 aliphatic carbocycles. The molecule has 5 heteroatoms. The first kappa shape index (κ1) is 17.5. The van der Waals surface area contributed by atoms with Gasteiger partial charge < -0.3 is 19.9 Å². The Morgan fingerprint density at radius 1 is 1.27 bits per heavy atom. The van der Waals surface area contributed by atoms with E-state index >= 15 is 0 Å². The first-order valence-corrected chi connectivity index (χ1v) is 8.71. The van der Waals surface area contributed by atoms with Crippen LogP contribution in [0.2, 0.25) is 0 Å². The maximum Gasteiger partial charge on any atom is 0.193 e. The maximum atomic E-state index is 5.16. The lowest BCUT2D eigenvalue weighted by Gasteiger charge is -2.32. The third-order valence-corrected chi connectivity index (χ3v) is 5.06. The molecular formula is C17H34N4O. The van der Waals surface area contributed by atoms with Gasteiger partial charge in [0, 0.05) is 40.3 Å². The quantitative estimate of drug-likeness (QED) is 0.619. The second-order valence-electron chi connectivity index (χ2n) is 7.54. The van der Waals surface area contributed by atoms with Crippen LogP contribution in [0.3, 0.4) is 0 Å². The van der Waals surface area contributed by atoms with E-state index in [1.165, 1.54) is 32.4 Å². The summed E-state index contributed by atoms with van der Waals surface area (Å²) in [5.74, 6) is 1.86. The lowest BCUT2D eigenvalue weighted by molar-refractivity contribution is 0.120. The van der Waals surface area contributed by atoms with Crippen LogP contribution in [-0.4, -0.2) is 75.8 Å². The highest BCUT2D eigenvalue weighted by molar-refractivity contribution is 5.80. The summed E-state index contributed by atoms with van der Waals surface area (Å²) in [6.07, 6.45) is 3.81. The molecule has 0 atom stereocenters. The van der Waals surface area contributed by atoms with Crippen LogP contribution in [0.15, 0.2) is 4.99 Å². The van der Waals surface area contributed by atoms with Gasteiger partial charge in [0.1, 0.15) is 0 Å². The molecule has 0 unspecified atom stereocenters.